The molecule has 2 aromatic rings. The first-order chi connectivity index (χ1) is 13.9. The van der Waals surface area contributed by atoms with E-state index in [2.05, 4.69) is 9.71 Å². The minimum absolute atomic E-state index is 0.0572. The molecule has 1 amide bonds. The zero-order valence-corrected chi connectivity index (χ0v) is 17.2. The van der Waals surface area contributed by atoms with Gasteiger partial charge in [0.25, 0.3) is 5.91 Å². The van der Waals surface area contributed by atoms with Crippen LogP contribution in [-0.4, -0.2) is 50.0 Å². The topological polar surface area (TPSA) is 88.6 Å². The number of aryl methyl sites for hydroxylation is 1. The van der Waals surface area contributed by atoms with Crippen molar-refractivity contribution in [2.75, 3.05) is 19.7 Å². The monoisotopic (exact) mass is 415 g/mol. The van der Waals surface area contributed by atoms with Crippen molar-refractivity contribution in [1.82, 2.24) is 14.6 Å². The second-order valence-electron chi connectivity index (χ2n) is 7.58. The number of amides is 1. The molecule has 1 atom stereocenters. The van der Waals surface area contributed by atoms with Crippen LogP contribution in [-0.2, 0) is 27.7 Å². The highest BCUT2D eigenvalue weighted by molar-refractivity contribution is 7.89. The summed E-state index contributed by atoms with van der Waals surface area (Å²) in [7, 11) is -3.62. The molecule has 1 aromatic heterocycles. The van der Waals surface area contributed by atoms with Gasteiger partial charge in [-0.25, -0.2) is 13.1 Å². The van der Waals surface area contributed by atoms with E-state index in [0.717, 1.165) is 29.5 Å². The highest BCUT2D eigenvalue weighted by Crippen LogP contribution is 2.24. The number of carbonyl (C=O) groups excluding carboxylic acids is 1. The molecule has 0 bridgehead atoms. The number of aromatic nitrogens is 1. The van der Waals surface area contributed by atoms with E-state index in [4.69, 9.17) is 4.74 Å². The summed E-state index contributed by atoms with van der Waals surface area (Å²) in [5, 5.41) is 0. The van der Waals surface area contributed by atoms with Crippen LogP contribution in [0, 0.1) is 6.92 Å². The minimum atomic E-state index is -3.62. The standard InChI is InChI=1S/C21H25N3O4S/c1-15-6-8-22-13-20(15)21(25)24-9-7-16-4-5-19(11-17(16)14-24)29(26,27)23-12-18-3-2-10-28-18/h4-6,8,11,13,18,23H,2-3,7,9-10,12,14H2,1H3. The Morgan fingerprint density at radius 1 is 1.31 bits per heavy atom. The molecule has 154 valence electrons. The first-order valence-corrected chi connectivity index (χ1v) is 11.4. The highest BCUT2D eigenvalue weighted by Gasteiger charge is 2.25. The van der Waals surface area contributed by atoms with E-state index < -0.39 is 10.0 Å². The van der Waals surface area contributed by atoms with Gasteiger partial charge < -0.3 is 9.64 Å². The zero-order chi connectivity index (χ0) is 20.4. The molecule has 1 unspecified atom stereocenters. The number of rotatable bonds is 5. The Labute approximate surface area is 171 Å². The maximum Gasteiger partial charge on any atom is 0.255 e. The number of sulfonamides is 1. The van der Waals surface area contributed by atoms with Crippen LogP contribution < -0.4 is 4.72 Å². The maximum absolute atomic E-state index is 12.9. The van der Waals surface area contributed by atoms with Crippen molar-refractivity contribution in [3.8, 4) is 0 Å². The van der Waals surface area contributed by atoms with Crippen LogP contribution in [0.4, 0.5) is 0 Å². The maximum atomic E-state index is 12.9. The van der Waals surface area contributed by atoms with Gasteiger partial charge in [-0.2, -0.15) is 0 Å². The Morgan fingerprint density at radius 3 is 2.93 bits per heavy atom. The van der Waals surface area contributed by atoms with Crippen molar-refractivity contribution in [2.45, 2.75) is 43.7 Å². The zero-order valence-electron chi connectivity index (χ0n) is 16.4. The third kappa shape index (κ3) is 4.34. The Balaban J connectivity index is 1.50. The van der Waals surface area contributed by atoms with E-state index in [9.17, 15) is 13.2 Å². The number of carbonyl (C=O) groups is 1. The molecule has 8 heteroatoms. The van der Waals surface area contributed by atoms with E-state index >= 15 is 0 Å². The fourth-order valence-corrected chi connectivity index (χ4v) is 4.94. The Morgan fingerprint density at radius 2 is 2.17 bits per heavy atom. The number of hydrogen-bond donors (Lipinski definition) is 1. The number of benzene rings is 1. The summed E-state index contributed by atoms with van der Waals surface area (Å²) in [5.41, 5.74) is 3.41. The van der Waals surface area contributed by atoms with Gasteiger partial charge in [-0.1, -0.05) is 6.07 Å². The lowest BCUT2D eigenvalue weighted by Crippen LogP contribution is -2.36. The van der Waals surface area contributed by atoms with E-state index in [1.807, 2.05) is 19.1 Å². The lowest BCUT2D eigenvalue weighted by atomic mass is 9.99. The highest BCUT2D eigenvalue weighted by atomic mass is 32.2. The van der Waals surface area contributed by atoms with Gasteiger partial charge in [-0.15, -0.1) is 0 Å². The largest absolute Gasteiger partial charge is 0.377 e. The van der Waals surface area contributed by atoms with Crippen molar-refractivity contribution in [3.63, 3.8) is 0 Å². The predicted octanol–water partition coefficient (Wildman–Crippen LogP) is 2.05. The summed E-state index contributed by atoms with van der Waals surface area (Å²) in [4.78, 5) is 18.9. The van der Waals surface area contributed by atoms with Crippen LogP contribution >= 0.6 is 0 Å². The molecule has 1 aromatic carbocycles. The van der Waals surface area contributed by atoms with Crippen LogP contribution in [0.3, 0.4) is 0 Å². The van der Waals surface area contributed by atoms with Gasteiger partial charge in [0.05, 0.1) is 16.6 Å². The number of fused-ring (bicyclic) bond motifs is 1. The molecule has 0 spiro atoms. The lowest BCUT2D eigenvalue weighted by Gasteiger charge is -2.29. The van der Waals surface area contributed by atoms with Gasteiger partial charge in [0.2, 0.25) is 10.0 Å². The molecule has 2 aliphatic rings. The van der Waals surface area contributed by atoms with Crippen LogP contribution in [0.2, 0.25) is 0 Å². The second kappa shape index (κ2) is 8.22. The normalized spacial score (nSPS) is 19.2. The number of nitrogens with one attached hydrogen (secondary N) is 1. The minimum Gasteiger partial charge on any atom is -0.377 e. The van der Waals surface area contributed by atoms with Gasteiger partial charge >= 0.3 is 0 Å². The number of ether oxygens (including phenoxy) is 1. The molecule has 7 nitrogen and oxygen atoms in total. The molecule has 1 N–H and O–H groups in total. The Kier molecular flexibility index (Phi) is 5.67. The van der Waals surface area contributed by atoms with Crippen LogP contribution in [0.25, 0.3) is 0 Å². The van der Waals surface area contributed by atoms with Crippen molar-refractivity contribution in [1.29, 1.82) is 0 Å². The van der Waals surface area contributed by atoms with Crippen LogP contribution in [0.15, 0.2) is 41.6 Å². The number of nitrogens with zero attached hydrogens (tertiary/aromatic N) is 2. The van der Waals surface area contributed by atoms with Gasteiger partial charge in [0.1, 0.15) is 0 Å². The molecular formula is C21H25N3O4S. The molecule has 0 aliphatic carbocycles. The van der Waals surface area contributed by atoms with Crippen molar-refractivity contribution in [3.05, 3.63) is 58.9 Å². The molecule has 0 radical (unpaired) electrons. The molecular weight excluding hydrogens is 390 g/mol. The fraction of sp³-hybridized carbons (Fsp3) is 0.429. The Hall–Kier alpha value is -2.29. The van der Waals surface area contributed by atoms with Crippen LogP contribution in [0.5, 0.6) is 0 Å². The summed E-state index contributed by atoms with van der Waals surface area (Å²) in [5.74, 6) is -0.0778. The number of hydrogen-bond acceptors (Lipinski definition) is 5. The van der Waals surface area contributed by atoms with Gasteiger partial charge in [0.15, 0.2) is 0 Å². The fourth-order valence-electron chi connectivity index (χ4n) is 3.82. The van der Waals surface area contributed by atoms with Crippen LogP contribution in [0.1, 0.15) is 39.9 Å². The molecule has 4 rings (SSSR count). The predicted molar refractivity (Wildman–Crippen MR) is 108 cm³/mol. The number of pyridine rings is 1. The van der Waals surface area contributed by atoms with Gasteiger partial charge in [-0.05, 0) is 61.1 Å². The molecule has 2 aliphatic heterocycles. The summed E-state index contributed by atoms with van der Waals surface area (Å²) in [6, 6.07) is 6.99. The van der Waals surface area contributed by atoms with E-state index in [0.29, 0.717) is 31.7 Å². The van der Waals surface area contributed by atoms with E-state index in [1.165, 1.54) is 0 Å². The molecule has 29 heavy (non-hydrogen) atoms. The third-order valence-corrected chi connectivity index (χ3v) is 7.00. The molecule has 3 heterocycles. The van der Waals surface area contributed by atoms with Crippen molar-refractivity contribution >= 4 is 15.9 Å². The quantitative estimate of drug-likeness (QED) is 0.807. The van der Waals surface area contributed by atoms with E-state index in [1.54, 1.807) is 29.4 Å². The summed E-state index contributed by atoms with van der Waals surface area (Å²) in [6.45, 7) is 3.84. The smallest absolute Gasteiger partial charge is 0.255 e. The first kappa shape index (κ1) is 20.0. The molecule has 1 fully saturated rings. The molecule has 0 saturated carbocycles. The van der Waals surface area contributed by atoms with E-state index in [-0.39, 0.29) is 23.5 Å². The Bertz CT molecular complexity index is 1020. The molecule has 1 saturated heterocycles. The van der Waals surface area contributed by atoms with Crippen molar-refractivity contribution < 1.29 is 17.9 Å². The summed E-state index contributed by atoms with van der Waals surface area (Å²) in [6.07, 6.45) is 5.73. The second-order valence-corrected chi connectivity index (χ2v) is 9.35. The summed E-state index contributed by atoms with van der Waals surface area (Å²) < 4.78 is 33.5. The third-order valence-electron chi connectivity index (χ3n) is 5.58. The lowest BCUT2D eigenvalue weighted by molar-refractivity contribution is 0.0733. The SMILES string of the molecule is Cc1ccncc1C(=O)N1CCc2ccc(S(=O)(=O)NCC3CCCO3)cc2C1. The average molecular weight is 416 g/mol. The van der Waals surface area contributed by atoms with Gasteiger partial charge in [-0.3, -0.25) is 9.78 Å². The summed E-state index contributed by atoms with van der Waals surface area (Å²) >= 11 is 0. The first-order valence-electron chi connectivity index (χ1n) is 9.87. The van der Waals surface area contributed by atoms with Gasteiger partial charge in [0, 0.05) is 38.6 Å². The van der Waals surface area contributed by atoms with Crippen molar-refractivity contribution in [2.24, 2.45) is 0 Å². The average Bonchev–Trinajstić information content (AvgIpc) is 3.25.